The number of likely N-dealkylation sites (tertiary alicyclic amines) is 1. The molecule has 0 amide bonds. The summed E-state index contributed by atoms with van der Waals surface area (Å²) in [4.78, 5) is 8.92. The number of thiophene rings is 1. The molecule has 0 spiro atoms. The van der Waals surface area contributed by atoms with Crippen molar-refractivity contribution in [3.63, 3.8) is 0 Å². The minimum atomic E-state index is 0.516. The maximum atomic E-state index is 4.86. The lowest BCUT2D eigenvalue weighted by atomic mass is 9.86. The number of nitrogens with zero attached hydrogens (tertiary/aromatic N) is 3. The van der Waals surface area contributed by atoms with E-state index >= 15 is 0 Å². The molecule has 136 valence electrons. The zero-order valence-corrected chi connectivity index (χ0v) is 15.9. The van der Waals surface area contributed by atoms with E-state index < -0.39 is 0 Å². The summed E-state index contributed by atoms with van der Waals surface area (Å²) in [5.74, 6) is 1.82. The molecule has 0 saturated carbocycles. The van der Waals surface area contributed by atoms with Gasteiger partial charge < -0.3 is 4.57 Å². The molecule has 1 aromatic carbocycles. The molecule has 2 fully saturated rings. The van der Waals surface area contributed by atoms with Gasteiger partial charge in [0.05, 0.1) is 17.6 Å². The van der Waals surface area contributed by atoms with Gasteiger partial charge in [-0.05, 0) is 36.4 Å². The number of para-hydroxylation sites is 2. The predicted molar refractivity (Wildman–Crippen MR) is 106 cm³/mol. The Bertz CT molecular complexity index is 887. The molecule has 2 aliphatic heterocycles. The minimum Gasteiger partial charge on any atom is -0.330 e. The summed E-state index contributed by atoms with van der Waals surface area (Å²) in [7, 11) is 2.13. The predicted octanol–water partition coefficient (Wildman–Crippen LogP) is 2.54. The van der Waals surface area contributed by atoms with E-state index in [0.717, 1.165) is 31.6 Å². The molecule has 6 heteroatoms. The molecule has 2 aromatic heterocycles. The highest BCUT2D eigenvalue weighted by Gasteiger charge is 2.39. The highest BCUT2D eigenvalue weighted by molar-refractivity contribution is 7.09. The number of aryl methyl sites for hydroxylation is 1. The molecule has 2 aliphatic rings. The van der Waals surface area contributed by atoms with Crippen molar-refractivity contribution >= 4 is 22.4 Å². The lowest BCUT2D eigenvalue weighted by molar-refractivity contribution is 0.144. The lowest BCUT2D eigenvalue weighted by Gasteiger charge is -2.35. The number of imidazole rings is 1. The smallest absolute Gasteiger partial charge is 0.123 e. The molecule has 0 radical (unpaired) electrons. The van der Waals surface area contributed by atoms with Crippen molar-refractivity contribution in [3.05, 3.63) is 52.5 Å². The second-order valence-corrected chi connectivity index (χ2v) is 8.58. The average Bonchev–Trinajstić information content (AvgIpc) is 3.38. The topological polar surface area (TPSA) is 45.1 Å². The van der Waals surface area contributed by atoms with Gasteiger partial charge in [0.25, 0.3) is 0 Å². The van der Waals surface area contributed by atoms with Crippen molar-refractivity contribution in [3.8, 4) is 0 Å². The van der Waals surface area contributed by atoms with Crippen molar-refractivity contribution in [2.75, 3.05) is 13.1 Å². The van der Waals surface area contributed by atoms with Gasteiger partial charge in [-0.25, -0.2) is 4.98 Å². The Balaban J connectivity index is 1.30. The number of rotatable bonds is 4. The van der Waals surface area contributed by atoms with Crippen molar-refractivity contribution in [1.29, 1.82) is 0 Å². The van der Waals surface area contributed by atoms with Crippen molar-refractivity contribution < 1.29 is 0 Å². The average molecular weight is 368 g/mol. The highest BCUT2D eigenvalue weighted by atomic mass is 32.1. The number of hydrazine groups is 1. The second-order valence-electron chi connectivity index (χ2n) is 7.55. The van der Waals surface area contributed by atoms with Gasteiger partial charge >= 0.3 is 0 Å². The SMILES string of the molecule is Cn1c(CN2CCC3NNC(Cc4cccs4)C3C2)nc2ccccc21. The van der Waals surface area contributed by atoms with E-state index in [1.54, 1.807) is 0 Å². The van der Waals surface area contributed by atoms with Crippen LogP contribution in [-0.2, 0) is 20.0 Å². The molecule has 0 aliphatic carbocycles. The van der Waals surface area contributed by atoms with Crippen molar-refractivity contribution in [1.82, 2.24) is 25.3 Å². The molecule has 5 rings (SSSR count). The van der Waals surface area contributed by atoms with Gasteiger partial charge in [-0.1, -0.05) is 18.2 Å². The molecule has 2 saturated heterocycles. The van der Waals surface area contributed by atoms with Crippen LogP contribution in [0.4, 0.5) is 0 Å². The molecule has 26 heavy (non-hydrogen) atoms. The molecule has 3 atom stereocenters. The third-order valence-corrected chi connectivity index (χ3v) is 6.86. The van der Waals surface area contributed by atoms with Crippen LogP contribution in [0.2, 0.25) is 0 Å². The Morgan fingerprint density at radius 2 is 2.12 bits per heavy atom. The van der Waals surface area contributed by atoms with Gasteiger partial charge in [0.15, 0.2) is 0 Å². The van der Waals surface area contributed by atoms with E-state index in [9.17, 15) is 0 Å². The number of hydrogen-bond acceptors (Lipinski definition) is 5. The number of piperidine rings is 1. The third kappa shape index (κ3) is 2.97. The Morgan fingerprint density at radius 1 is 1.19 bits per heavy atom. The molecule has 0 bridgehead atoms. The number of aromatic nitrogens is 2. The Labute approximate surface area is 158 Å². The highest BCUT2D eigenvalue weighted by Crippen LogP contribution is 2.28. The van der Waals surface area contributed by atoms with Gasteiger partial charge in [0.1, 0.15) is 5.82 Å². The van der Waals surface area contributed by atoms with Gasteiger partial charge in [-0.3, -0.25) is 15.8 Å². The zero-order chi connectivity index (χ0) is 17.5. The summed E-state index contributed by atoms with van der Waals surface area (Å²) in [5, 5.41) is 2.17. The zero-order valence-electron chi connectivity index (χ0n) is 15.1. The number of nitrogens with one attached hydrogen (secondary N) is 2. The van der Waals surface area contributed by atoms with E-state index in [0.29, 0.717) is 18.0 Å². The van der Waals surface area contributed by atoms with Crippen LogP contribution in [0.5, 0.6) is 0 Å². The first-order valence-corrected chi connectivity index (χ1v) is 10.3. The monoisotopic (exact) mass is 367 g/mol. The minimum absolute atomic E-state index is 0.516. The van der Waals surface area contributed by atoms with Crippen LogP contribution < -0.4 is 10.9 Å². The fourth-order valence-corrected chi connectivity index (χ4v) is 5.25. The summed E-state index contributed by atoms with van der Waals surface area (Å²) in [6.07, 6.45) is 2.31. The molecular weight excluding hydrogens is 342 g/mol. The first-order chi connectivity index (χ1) is 12.8. The Hall–Kier alpha value is -1.73. The summed E-state index contributed by atoms with van der Waals surface area (Å²) in [6.45, 7) is 3.19. The third-order valence-electron chi connectivity index (χ3n) is 5.96. The molecular formula is C20H25N5S. The number of hydrogen-bond donors (Lipinski definition) is 2. The molecule has 3 unspecified atom stereocenters. The van der Waals surface area contributed by atoms with Crippen LogP contribution in [0.3, 0.4) is 0 Å². The van der Waals surface area contributed by atoms with Gasteiger partial charge in [0, 0.05) is 43.0 Å². The van der Waals surface area contributed by atoms with E-state index in [1.807, 2.05) is 11.3 Å². The molecule has 2 N–H and O–H groups in total. The van der Waals surface area contributed by atoms with Gasteiger partial charge in [0.2, 0.25) is 0 Å². The molecule has 5 nitrogen and oxygen atoms in total. The Morgan fingerprint density at radius 3 is 2.96 bits per heavy atom. The maximum absolute atomic E-state index is 4.86. The lowest BCUT2D eigenvalue weighted by Crippen LogP contribution is -2.46. The van der Waals surface area contributed by atoms with Crippen LogP contribution in [0.1, 0.15) is 17.1 Å². The van der Waals surface area contributed by atoms with Crippen LogP contribution >= 0.6 is 11.3 Å². The normalized spacial score (nSPS) is 26.4. The van der Waals surface area contributed by atoms with Crippen LogP contribution in [0.15, 0.2) is 41.8 Å². The quantitative estimate of drug-likeness (QED) is 0.744. The van der Waals surface area contributed by atoms with E-state index in [-0.39, 0.29) is 0 Å². The van der Waals surface area contributed by atoms with Crippen molar-refractivity contribution in [2.24, 2.45) is 13.0 Å². The van der Waals surface area contributed by atoms with Gasteiger partial charge in [-0.2, -0.15) is 0 Å². The van der Waals surface area contributed by atoms with Crippen LogP contribution in [-0.4, -0.2) is 39.6 Å². The molecule has 3 aromatic rings. The first kappa shape index (κ1) is 16.4. The van der Waals surface area contributed by atoms with E-state index in [2.05, 4.69) is 69.1 Å². The number of fused-ring (bicyclic) bond motifs is 2. The fourth-order valence-electron chi connectivity index (χ4n) is 4.49. The fraction of sp³-hybridized carbons (Fsp3) is 0.450. The summed E-state index contributed by atoms with van der Waals surface area (Å²) in [5.41, 5.74) is 9.43. The Kier molecular flexibility index (Phi) is 4.29. The van der Waals surface area contributed by atoms with Crippen LogP contribution in [0, 0.1) is 5.92 Å². The number of benzene rings is 1. The van der Waals surface area contributed by atoms with E-state index in [4.69, 9.17) is 4.98 Å². The molecule has 4 heterocycles. The summed E-state index contributed by atoms with van der Waals surface area (Å²) >= 11 is 1.86. The standard InChI is InChI=1S/C20H25N5S/c1-24-19-7-3-2-6-17(19)21-20(24)13-25-9-8-16-15(12-25)18(23-22-16)11-14-5-4-10-26-14/h2-7,10,15-16,18,22-23H,8-9,11-13H2,1H3. The second kappa shape index (κ2) is 6.78. The first-order valence-electron chi connectivity index (χ1n) is 9.44. The summed E-state index contributed by atoms with van der Waals surface area (Å²) < 4.78 is 2.25. The summed E-state index contributed by atoms with van der Waals surface area (Å²) in [6, 6.07) is 13.9. The van der Waals surface area contributed by atoms with Gasteiger partial charge in [-0.15, -0.1) is 11.3 Å². The maximum Gasteiger partial charge on any atom is 0.123 e. The van der Waals surface area contributed by atoms with E-state index in [1.165, 1.54) is 22.6 Å². The van der Waals surface area contributed by atoms with Crippen molar-refractivity contribution in [2.45, 2.75) is 31.5 Å². The van der Waals surface area contributed by atoms with Crippen LogP contribution in [0.25, 0.3) is 11.0 Å². The largest absolute Gasteiger partial charge is 0.330 e.